The number of anilines is 1. The van der Waals surface area contributed by atoms with E-state index in [0.29, 0.717) is 5.75 Å². The summed E-state index contributed by atoms with van der Waals surface area (Å²) in [4.78, 5) is 9.70. The number of nitrogens with one attached hydrogen (secondary N) is 2. The van der Waals surface area contributed by atoms with Crippen molar-refractivity contribution in [3.8, 4) is 0 Å². The van der Waals surface area contributed by atoms with Crippen LogP contribution in [0.1, 0.15) is 0 Å². The number of nitro benzene ring substituents is 1. The molecule has 0 heterocycles. The van der Waals surface area contributed by atoms with E-state index in [4.69, 9.17) is 5.84 Å². The van der Waals surface area contributed by atoms with Crippen LogP contribution in [-0.4, -0.2) is 31.9 Å². The molecule has 1 aromatic carbocycles. The average molecular weight is 306 g/mol. The van der Waals surface area contributed by atoms with Gasteiger partial charge >= 0.3 is 0 Å². The van der Waals surface area contributed by atoms with Crippen molar-refractivity contribution >= 4 is 33.2 Å². The van der Waals surface area contributed by atoms with Gasteiger partial charge in [-0.15, -0.1) is 0 Å². The van der Waals surface area contributed by atoms with Gasteiger partial charge in [-0.1, -0.05) is 0 Å². The molecule has 1 rings (SSSR count). The second-order valence-electron chi connectivity index (χ2n) is 3.47. The van der Waals surface area contributed by atoms with Gasteiger partial charge in [0.1, 0.15) is 0 Å². The summed E-state index contributed by atoms with van der Waals surface area (Å²) in [5.74, 6) is 5.74. The molecule has 106 valence electrons. The van der Waals surface area contributed by atoms with Crippen LogP contribution in [0.3, 0.4) is 0 Å². The Balaban J connectivity index is 3.18. The summed E-state index contributed by atoms with van der Waals surface area (Å²) in [6.45, 7) is 0.195. The van der Waals surface area contributed by atoms with Crippen molar-refractivity contribution in [2.45, 2.75) is 4.90 Å². The first-order chi connectivity index (χ1) is 8.92. The van der Waals surface area contributed by atoms with Gasteiger partial charge in [0, 0.05) is 18.4 Å². The molecule has 0 aliphatic rings. The Labute approximate surface area is 114 Å². The van der Waals surface area contributed by atoms with Gasteiger partial charge in [0.2, 0.25) is 10.0 Å². The summed E-state index contributed by atoms with van der Waals surface area (Å²) in [6, 6.07) is 3.55. The van der Waals surface area contributed by atoms with Crippen LogP contribution in [0.4, 0.5) is 11.4 Å². The lowest BCUT2D eigenvalue weighted by Gasteiger charge is -2.08. The van der Waals surface area contributed by atoms with E-state index in [9.17, 15) is 18.5 Å². The molecule has 0 saturated carbocycles. The molecule has 0 aliphatic carbocycles. The Hall–Kier alpha value is -1.36. The molecular formula is C9H14N4O4S2. The average Bonchev–Trinajstić information content (AvgIpc) is 2.38. The molecule has 1 aromatic rings. The summed E-state index contributed by atoms with van der Waals surface area (Å²) in [7, 11) is -3.94. The van der Waals surface area contributed by atoms with E-state index in [0.717, 1.165) is 12.1 Å². The molecule has 0 spiro atoms. The number of rotatable bonds is 7. The third-order valence-corrected chi connectivity index (χ3v) is 4.31. The smallest absolute Gasteiger partial charge is 0.289 e. The van der Waals surface area contributed by atoms with E-state index in [1.807, 2.05) is 6.26 Å². The van der Waals surface area contributed by atoms with Crippen LogP contribution in [0.25, 0.3) is 0 Å². The maximum Gasteiger partial charge on any atom is 0.289 e. The van der Waals surface area contributed by atoms with E-state index in [1.165, 1.54) is 17.8 Å². The van der Waals surface area contributed by atoms with E-state index in [2.05, 4.69) is 10.1 Å². The summed E-state index contributed by atoms with van der Waals surface area (Å²) in [5.41, 5.74) is 2.04. The molecule has 0 bridgehead atoms. The van der Waals surface area contributed by atoms with Crippen LogP contribution in [-0.2, 0) is 10.0 Å². The number of thioether (sulfide) groups is 1. The molecule has 8 nitrogen and oxygen atoms in total. The van der Waals surface area contributed by atoms with Crippen molar-refractivity contribution in [1.82, 2.24) is 4.72 Å². The molecule has 19 heavy (non-hydrogen) atoms. The Morgan fingerprint density at radius 2 is 2.16 bits per heavy atom. The molecule has 0 aromatic heterocycles. The third-order valence-electron chi connectivity index (χ3n) is 2.21. The van der Waals surface area contributed by atoms with E-state index >= 15 is 0 Å². The fourth-order valence-electron chi connectivity index (χ4n) is 1.33. The molecule has 0 atom stereocenters. The molecule has 0 saturated heterocycles. The summed E-state index contributed by atoms with van der Waals surface area (Å²) < 4.78 is 26.3. The van der Waals surface area contributed by atoms with Gasteiger partial charge in [-0.2, -0.15) is 11.8 Å². The van der Waals surface area contributed by atoms with Crippen molar-refractivity contribution in [1.29, 1.82) is 0 Å². The quantitative estimate of drug-likeness (QED) is 0.290. The number of hydrogen-bond acceptors (Lipinski definition) is 7. The van der Waals surface area contributed by atoms with Gasteiger partial charge in [-0.05, 0) is 18.4 Å². The molecular weight excluding hydrogens is 292 g/mol. The highest BCUT2D eigenvalue weighted by molar-refractivity contribution is 7.98. The standard InChI is InChI=1S/C9H14N4O4S2/c1-18-5-4-11-19(16,17)9-6-7(12-10)2-3-8(9)13(14)15/h2-3,6,11-12H,4-5,10H2,1H3. The Kier molecular flexibility index (Phi) is 5.54. The first-order valence-corrected chi connectivity index (χ1v) is 8.03. The van der Waals surface area contributed by atoms with Crippen LogP contribution in [0.5, 0.6) is 0 Å². The van der Waals surface area contributed by atoms with Gasteiger partial charge < -0.3 is 5.43 Å². The number of nitrogens with two attached hydrogens (primary N) is 1. The van der Waals surface area contributed by atoms with Gasteiger partial charge in [0.25, 0.3) is 5.69 Å². The fourth-order valence-corrected chi connectivity index (χ4v) is 2.99. The second-order valence-corrected chi connectivity index (χ2v) is 6.20. The highest BCUT2D eigenvalue weighted by Gasteiger charge is 2.25. The largest absolute Gasteiger partial charge is 0.324 e. The number of sulfonamides is 1. The molecule has 0 radical (unpaired) electrons. The van der Waals surface area contributed by atoms with Crippen molar-refractivity contribution in [2.24, 2.45) is 5.84 Å². The molecule has 10 heteroatoms. The van der Waals surface area contributed by atoms with Gasteiger partial charge in [0.15, 0.2) is 4.90 Å². The minimum atomic E-state index is -3.94. The molecule has 0 amide bonds. The zero-order valence-corrected chi connectivity index (χ0v) is 11.8. The second kappa shape index (κ2) is 6.70. The number of hydrogen-bond donors (Lipinski definition) is 3. The highest BCUT2D eigenvalue weighted by atomic mass is 32.2. The predicted octanol–water partition coefficient (Wildman–Crippen LogP) is 0.522. The third kappa shape index (κ3) is 4.06. The Morgan fingerprint density at radius 3 is 2.68 bits per heavy atom. The molecule has 0 unspecified atom stereocenters. The van der Waals surface area contributed by atoms with E-state index in [-0.39, 0.29) is 12.2 Å². The topological polar surface area (TPSA) is 127 Å². The van der Waals surface area contributed by atoms with Crippen LogP contribution in [0.2, 0.25) is 0 Å². The summed E-state index contributed by atoms with van der Waals surface area (Å²) in [5, 5.41) is 10.9. The Bertz CT molecular complexity index is 561. The first kappa shape index (κ1) is 15.7. The van der Waals surface area contributed by atoms with Crippen molar-refractivity contribution < 1.29 is 13.3 Å². The SMILES string of the molecule is CSCCNS(=O)(=O)c1cc(NN)ccc1[N+](=O)[O-]. The minimum Gasteiger partial charge on any atom is -0.324 e. The lowest BCUT2D eigenvalue weighted by molar-refractivity contribution is -0.387. The zero-order chi connectivity index (χ0) is 14.5. The van der Waals surface area contributed by atoms with Gasteiger partial charge in [-0.25, -0.2) is 13.1 Å². The maximum atomic E-state index is 12.0. The highest BCUT2D eigenvalue weighted by Crippen LogP contribution is 2.26. The van der Waals surface area contributed by atoms with Crippen LogP contribution >= 0.6 is 11.8 Å². The lowest BCUT2D eigenvalue weighted by atomic mass is 10.3. The predicted molar refractivity (Wildman–Crippen MR) is 74.5 cm³/mol. The maximum absolute atomic E-state index is 12.0. The molecule has 0 aliphatic heterocycles. The number of nitro groups is 1. The van der Waals surface area contributed by atoms with Gasteiger partial charge in [-0.3, -0.25) is 16.0 Å². The van der Waals surface area contributed by atoms with Gasteiger partial charge in [0.05, 0.1) is 10.6 Å². The molecule has 0 fully saturated rings. The lowest BCUT2D eigenvalue weighted by Crippen LogP contribution is -2.27. The fraction of sp³-hybridized carbons (Fsp3) is 0.333. The van der Waals surface area contributed by atoms with E-state index in [1.54, 1.807) is 0 Å². The molecule has 4 N–H and O–H groups in total. The normalized spacial score (nSPS) is 11.3. The number of benzene rings is 1. The number of nitrogen functional groups attached to an aromatic ring is 1. The Morgan fingerprint density at radius 1 is 1.47 bits per heavy atom. The van der Waals surface area contributed by atoms with Crippen LogP contribution in [0.15, 0.2) is 23.1 Å². The van der Waals surface area contributed by atoms with Crippen molar-refractivity contribution in [3.63, 3.8) is 0 Å². The van der Waals surface area contributed by atoms with Crippen molar-refractivity contribution in [2.75, 3.05) is 24.0 Å². The summed E-state index contributed by atoms with van der Waals surface area (Å²) >= 11 is 1.46. The van der Waals surface area contributed by atoms with Crippen molar-refractivity contribution in [3.05, 3.63) is 28.3 Å². The zero-order valence-electron chi connectivity index (χ0n) is 10.1. The number of nitrogens with zero attached hydrogens (tertiary/aromatic N) is 1. The van der Waals surface area contributed by atoms with E-state index < -0.39 is 25.5 Å². The summed E-state index contributed by atoms with van der Waals surface area (Å²) in [6.07, 6.45) is 1.83. The minimum absolute atomic E-state index is 0.195. The monoisotopic (exact) mass is 306 g/mol. The van der Waals surface area contributed by atoms with Crippen LogP contribution < -0.4 is 16.0 Å². The first-order valence-electron chi connectivity index (χ1n) is 5.16. The number of hydrazine groups is 1. The van der Waals surface area contributed by atoms with Crippen LogP contribution in [0, 0.1) is 10.1 Å².